The Kier molecular flexibility index (Phi) is 2.78. The average Bonchev–Trinajstić information content (AvgIpc) is 2.46. The summed E-state index contributed by atoms with van der Waals surface area (Å²) in [7, 11) is 0. The molecule has 1 aliphatic heterocycles. The molecule has 1 amide bonds. The van der Waals surface area contributed by atoms with Crippen molar-refractivity contribution < 1.29 is 9.18 Å². The molecular weight excluding hydrogens is 261 g/mol. The Morgan fingerprint density at radius 1 is 1.53 bits per heavy atom. The SMILES string of the molecule is CCCC1C(=O)Nc2c(Br)cc(F)cc21. The van der Waals surface area contributed by atoms with E-state index in [4.69, 9.17) is 0 Å². The third kappa shape index (κ3) is 1.78. The van der Waals surface area contributed by atoms with Gasteiger partial charge in [0, 0.05) is 4.47 Å². The number of hydrogen-bond acceptors (Lipinski definition) is 1. The molecule has 0 aliphatic carbocycles. The molecule has 0 aromatic heterocycles. The van der Waals surface area contributed by atoms with Crippen LogP contribution >= 0.6 is 15.9 Å². The summed E-state index contributed by atoms with van der Waals surface area (Å²) in [6, 6.07) is 2.81. The first kappa shape index (κ1) is 10.6. The van der Waals surface area contributed by atoms with Gasteiger partial charge in [0.2, 0.25) is 5.91 Å². The van der Waals surface area contributed by atoms with Crippen LogP contribution in [0.5, 0.6) is 0 Å². The first-order chi connectivity index (χ1) is 7.13. The van der Waals surface area contributed by atoms with E-state index >= 15 is 0 Å². The summed E-state index contributed by atoms with van der Waals surface area (Å²) < 4.78 is 13.8. The monoisotopic (exact) mass is 271 g/mol. The fraction of sp³-hybridized carbons (Fsp3) is 0.364. The molecular formula is C11H11BrFNO. The van der Waals surface area contributed by atoms with Gasteiger partial charge in [0.25, 0.3) is 0 Å². The Hall–Kier alpha value is -0.900. The second-order valence-electron chi connectivity index (χ2n) is 3.68. The van der Waals surface area contributed by atoms with E-state index in [1.54, 1.807) is 0 Å². The van der Waals surface area contributed by atoms with Crippen LogP contribution in [-0.2, 0) is 4.79 Å². The molecule has 2 rings (SSSR count). The van der Waals surface area contributed by atoms with Gasteiger partial charge < -0.3 is 5.32 Å². The summed E-state index contributed by atoms with van der Waals surface area (Å²) >= 11 is 3.25. The zero-order valence-corrected chi connectivity index (χ0v) is 9.90. The van der Waals surface area contributed by atoms with Crippen molar-refractivity contribution >= 4 is 27.5 Å². The van der Waals surface area contributed by atoms with E-state index in [0.29, 0.717) is 4.47 Å². The molecule has 4 heteroatoms. The summed E-state index contributed by atoms with van der Waals surface area (Å²) in [4.78, 5) is 11.6. The Morgan fingerprint density at radius 2 is 2.27 bits per heavy atom. The Morgan fingerprint density at radius 3 is 2.93 bits per heavy atom. The number of hydrogen-bond donors (Lipinski definition) is 1. The number of fused-ring (bicyclic) bond motifs is 1. The minimum atomic E-state index is -0.307. The van der Waals surface area contributed by atoms with E-state index in [1.165, 1.54) is 12.1 Å². The van der Waals surface area contributed by atoms with Gasteiger partial charge in [0.15, 0.2) is 0 Å². The number of benzene rings is 1. The van der Waals surface area contributed by atoms with Crippen molar-refractivity contribution in [1.29, 1.82) is 0 Å². The fourth-order valence-electron chi connectivity index (χ4n) is 1.93. The summed E-state index contributed by atoms with van der Waals surface area (Å²) in [5.41, 5.74) is 1.49. The summed E-state index contributed by atoms with van der Waals surface area (Å²) in [6.07, 6.45) is 1.67. The molecule has 0 fully saturated rings. The average molecular weight is 272 g/mol. The van der Waals surface area contributed by atoms with E-state index in [-0.39, 0.29) is 17.6 Å². The van der Waals surface area contributed by atoms with Crippen LogP contribution in [0.4, 0.5) is 10.1 Å². The molecule has 1 heterocycles. The maximum atomic E-state index is 13.2. The van der Waals surface area contributed by atoms with E-state index in [9.17, 15) is 9.18 Å². The van der Waals surface area contributed by atoms with Crippen LogP contribution in [0.25, 0.3) is 0 Å². The molecule has 1 aliphatic rings. The number of carbonyl (C=O) groups is 1. The molecule has 2 nitrogen and oxygen atoms in total. The topological polar surface area (TPSA) is 29.1 Å². The number of nitrogens with one attached hydrogen (secondary N) is 1. The van der Waals surface area contributed by atoms with Crippen LogP contribution < -0.4 is 5.32 Å². The number of anilines is 1. The van der Waals surface area contributed by atoms with Gasteiger partial charge >= 0.3 is 0 Å². The second kappa shape index (κ2) is 3.93. The molecule has 0 radical (unpaired) electrons. The largest absolute Gasteiger partial charge is 0.324 e. The van der Waals surface area contributed by atoms with Crippen LogP contribution in [0.2, 0.25) is 0 Å². The molecule has 1 aromatic rings. The predicted molar refractivity (Wildman–Crippen MR) is 60.4 cm³/mol. The molecule has 80 valence electrons. The lowest BCUT2D eigenvalue weighted by molar-refractivity contribution is -0.117. The van der Waals surface area contributed by atoms with E-state index < -0.39 is 0 Å². The number of carbonyl (C=O) groups excluding carboxylic acids is 1. The quantitative estimate of drug-likeness (QED) is 0.878. The fourth-order valence-corrected chi connectivity index (χ4v) is 2.47. The summed E-state index contributed by atoms with van der Waals surface area (Å²) in [5.74, 6) is -0.534. The highest BCUT2D eigenvalue weighted by molar-refractivity contribution is 9.10. The van der Waals surface area contributed by atoms with E-state index in [1.807, 2.05) is 6.92 Å². The molecule has 1 aromatic carbocycles. The smallest absolute Gasteiger partial charge is 0.232 e. The minimum absolute atomic E-state index is 0.0295. The molecule has 1 N–H and O–H groups in total. The van der Waals surface area contributed by atoms with Crippen molar-refractivity contribution in [2.45, 2.75) is 25.7 Å². The standard InChI is InChI=1S/C11H11BrFNO/c1-2-3-7-8-4-6(13)5-9(12)10(8)14-11(7)15/h4-5,7H,2-3H2,1H3,(H,14,15). The number of halogens is 2. The lowest BCUT2D eigenvalue weighted by Crippen LogP contribution is -2.11. The third-order valence-electron chi connectivity index (χ3n) is 2.60. The first-order valence-corrected chi connectivity index (χ1v) is 5.72. The Labute approximate surface area is 96.0 Å². The van der Waals surface area contributed by atoms with Gasteiger partial charge in [-0.05, 0) is 40.0 Å². The van der Waals surface area contributed by atoms with Crippen molar-refractivity contribution in [3.63, 3.8) is 0 Å². The third-order valence-corrected chi connectivity index (χ3v) is 3.23. The molecule has 15 heavy (non-hydrogen) atoms. The lowest BCUT2D eigenvalue weighted by atomic mass is 9.96. The number of rotatable bonds is 2. The van der Waals surface area contributed by atoms with Crippen LogP contribution in [-0.4, -0.2) is 5.91 Å². The highest BCUT2D eigenvalue weighted by Gasteiger charge is 2.31. The van der Waals surface area contributed by atoms with E-state index in [2.05, 4.69) is 21.2 Å². The second-order valence-corrected chi connectivity index (χ2v) is 4.54. The minimum Gasteiger partial charge on any atom is -0.324 e. The van der Waals surface area contributed by atoms with Gasteiger partial charge in [-0.2, -0.15) is 0 Å². The molecule has 1 unspecified atom stereocenters. The van der Waals surface area contributed by atoms with Crippen LogP contribution in [0.1, 0.15) is 31.2 Å². The van der Waals surface area contributed by atoms with Crippen molar-refractivity contribution in [3.8, 4) is 0 Å². The van der Waals surface area contributed by atoms with Gasteiger partial charge in [-0.25, -0.2) is 4.39 Å². The van der Waals surface area contributed by atoms with Crippen LogP contribution in [0, 0.1) is 5.82 Å². The highest BCUT2D eigenvalue weighted by Crippen LogP contribution is 2.40. The maximum absolute atomic E-state index is 13.2. The Balaban J connectivity index is 2.48. The maximum Gasteiger partial charge on any atom is 0.232 e. The molecule has 0 spiro atoms. The van der Waals surface area contributed by atoms with Gasteiger partial charge in [0.1, 0.15) is 5.82 Å². The Bertz CT molecular complexity index is 419. The first-order valence-electron chi connectivity index (χ1n) is 4.93. The van der Waals surface area contributed by atoms with Crippen LogP contribution in [0.15, 0.2) is 16.6 Å². The molecule has 0 saturated carbocycles. The zero-order chi connectivity index (χ0) is 11.0. The van der Waals surface area contributed by atoms with Crippen molar-refractivity contribution in [3.05, 3.63) is 28.0 Å². The van der Waals surface area contributed by atoms with Crippen molar-refractivity contribution in [2.24, 2.45) is 0 Å². The van der Waals surface area contributed by atoms with Crippen molar-refractivity contribution in [1.82, 2.24) is 0 Å². The lowest BCUT2D eigenvalue weighted by Gasteiger charge is -2.06. The van der Waals surface area contributed by atoms with Gasteiger partial charge in [-0.15, -0.1) is 0 Å². The molecule has 1 atom stereocenters. The zero-order valence-electron chi connectivity index (χ0n) is 8.31. The summed E-state index contributed by atoms with van der Waals surface area (Å²) in [6.45, 7) is 2.01. The van der Waals surface area contributed by atoms with Gasteiger partial charge in [0.05, 0.1) is 11.6 Å². The van der Waals surface area contributed by atoms with E-state index in [0.717, 1.165) is 24.1 Å². The normalized spacial score (nSPS) is 18.9. The van der Waals surface area contributed by atoms with Gasteiger partial charge in [-0.3, -0.25) is 4.79 Å². The van der Waals surface area contributed by atoms with Crippen molar-refractivity contribution in [2.75, 3.05) is 5.32 Å². The molecule has 0 bridgehead atoms. The highest BCUT2D eigenvalue weighted by atomic mass is 79.9. The number of amides is 1. The molecule has 0 saturated heterocycles. The van der Waals surface area contributed by atoms with Gasteiger partial charge in [-0.1, -0.05) is 13.3 Å². The summed E-state index contributed by atoms with van der Waals surface area (Å²) in [5, 5.41) is 2.78. The predicted octanol–water partition coefficient (Wildman–Crippen LogP) is 3.42. The van der Waals surface area contributed by atoms with Crippen LogP contribution in [0.3, 0.4) is 0 Å².